The molecular weight excluding hydrogens is 387 g/mol. The largest absolute Gasteiger partial charge is 0.467 e. The maximum absolute atomic E-state index is 15.0. The second-order valence-electron chi connectivity index (χ2n) is 7.53. The zero-order chi connectivity index (χ0) is 21.3. The highest BCUT2D eigenvalue weighted by Gasteiger charge is 2.21. The van der Waals surface area contributed by atoms with Gasteiger partial charge in [-0.2, -0.15) is 0 Å². The number of benzene rings is 1. The molecule has 8 heteroatoms. The van der Waals surface area contributed by atoms with Gasteiger partial charge in [-0.15, -0.1) is 0 Å². The van der Waals surface area contributed by atoms with Crippen LogP contribution >= 0.6 is 0 Å². The summed E-state index contributed by atoms with van der Waals surface area (Å²) in [4.78, 5) is 29.8. The Labute approximate surface area is 173 Å². The Kier molecular flexibility index (Phi) is 5.59. The van der Waals surface area contributed by atoms with Crippen LogP contribution in [0, 0.1) is 5.82 Å². The fourth-order valence-electron chi connectivity index (χ4n) is 3.79. The van der Waals surface area contributed by atoms with Gasteiger partial charge in [0.15, 0.2) is 0 Å². The standard InChI is InChI=1S/C22H25FN4O3/c1-3-26-14-17(22(29)24-13-15-5-4-10-30-15)21(28)16-11-18(23)20(12-19(16)26)27-8-6-25(2)7-9-27/h4-5,10-12,14H,3,6-9,13H2,1-2H3,(H,24,29). The Morgan fingerprint density at radius 3 is 2.67 bits per heavy atom. The molecule has 2 aromatic heterocycles. The van der Waals surface area contributed by atoms with Crippen molar-refractivity contribution in [1.29, 1.82) is 0 Å². The molecule has 0 saturated carbocycles. The van der Waals surface area contributed by atoms with E-state index in [0.717, 1.165) is 26.2 Å². The molecule has 0 aliphatic carbocycles. The van der Waals surface area contributed by atoms with Crippen LogP contribution in [0.3, 0.4) is 0 Å². The predicted octanol–water partition coefficient (Wildman–Crippen LogP) is 2.44. The summed E-state index contributed by atoms with van der Waals surface area (Å²) in [5, 5.41) is 2.89. The fourth-order valence-corrected chi connectivity index (χ4v) is 3.79. The van der Waals surface area contributed by atoms with Crippen molar-refractivity contribution in [3.63, 3.8) is 0 Å². The van der Waals surface area contributed by atoms with Crippen molar-refractivity contribution in [1.82, 2.24) is 14.8 Å². The summed E-state index contributed by atoms with van der Waals surface area (Å²) in [6, 6.07) is 6.45. The molecule has 1 amide bonds. The van der Waals surface area contributed by atoms with E-state index >= 15 is 0 Å². The molecule has 1 N–H and O–H groups in total. The summed E-state index contributed by atoms with van der Waals surface area (Å²) in [6.45, 7) is 5.80. The first-order chi connectivity index (χ1) is 14.5. The van der Waals surface area contributed by atoms with E-state index in [9.17, 15) is 14.0 Å². The van der Waals surface area contributed by atoms with E-state index in [4.69, 9.17) is 4.42 Å². The number of carbonyl (C=O) groups is 1. The summed E-state index contributed by atoms with van der Waals surface area (Å²) in [5.41, 5.74) is 0.630. The highest BCUT2D eigenvalue weighted by atomic mass is 19.1. The van der Waals surface area contributed by atoms with Gasteiger partial charge in [-0.1, -0.05) is 0 Å². The summed E-state index contributed by atoms with van der Waals surface area (Å²) in [5.74, 6) is -0.369. The first-order valence-corrected chi connectivity index (χ1v) is 10.1. The topological polar surface area (TPSA) is 70.7 Å². The number of hydrogen-bond acceptors (Lipinski definition) is 5. The zero-order valence-corrected chi connectivity index (χ0v) is 17.2. The van der Waals surface area contributed by atoms with Gasteiger partial charge in [0.1, 0.15) is 17.1 Å². The third-order valence-electron chi connectivity index (χ3n) is 5.58. The zero-order valence-electron chi connectivity index (χ0n) is 17.2. The van der Waals surface area contributed by atoms with Crippen LogP contribution in [0.1, 0.15) is 23.0 Å². The molecule has 1 saturated heterocycles. The van der Waals surface area contributed by atoms with Crippen molar-refractivity contribution in [2.45, 2.75) is 20.0 Å². The van der Waals surface area contributed by atoms with Crippen LogP contribution in [-0.4, -0.2) is 48.6 Å². The number of rotatable bonds is 5. The average Bonchev–Trinajstić information content (AvgIpc) is 3.27. The molecule has 1 aromatic carbocycles. The van der Waals surface area contributed by atoms with Gasteiger partial charge in [0.25, 0.3) is 5.91 Å². The third-order valence-corrected chi connectivity index (χ3v) is 5.58. The smallest absolute Gasteiger partial charge is 0.257 e. The molecule has 3 aromatic rings. The van der Waals surface area contributed by atoms with Gasteiger partial charge < -0.3 is 24.1 Å². The lowest BCUT2D eigenvalue weighted by atomic mass is 10.1. The van der Waals surface area contributed by atoms with Crippen LogP contribution in [0.15, 0.2) is 45.9 Å². The van der Waals surface area contributed by atoms with Gasteiger partial charge in [0.2, 0.25) is 5.43 Å². The van der Waals surface area contributed by atoms with Crippen molar-refractivity contribution >= 4 is 22.5 Å². The Morgan fingerprint density at radius 1 is 1.23 bits per heavy atom. The second-order valence-corrected chi connectivity index (χ2v) is 7.53. The van der Waals surface area contributed by atoms with Crippen LogP contribution in [0.4, 0.5) is 10.1 Å². The molecule has 4 rings (SSSR count). The molecule has 0 radical (unpaired) electrons. The highest BCUT2D eigenvalue weighted by Crippen LogP contribution is 2.26. The highest BCUT2D eigenvalue weighted by molar-refractivity contribution is 5.97. The number of carbonyl (C=O) groups excluding carboxylic acids is 1. The second kappa shape index (κ2) is 8.31. The van der Waals surface area contributed by atoms with Crippen LogP contribution < -0.4 is 15.6 Å². The Morgan fingerprint density at radius 2 is 2.00 bits per heavy atom. The number of nitrogens with zero attached hydrogens (tertiary/aromatic N) is 3. The summed E-state index contributed by atoms with van der Waals surface area (Å²) >= 11 is 0. The van der Waals surface area contributed by atoms with E-state index in [1.165, 1.54) is 12.3 Å². The van der Waals surface area contributed by atoms with E-state index in [1.807, 2.05) is 23.4 Å². The van der Waals surface area contributed by atoms with Gasteiger partial charge in [-0.05, 0) is 38.2 Å². The number of amides is 1. The summed E-state index contributed by atoms with van der Waals surface area (Å²) < 4.78 is 22.0. The number of aromatic nitrogens is 1. The quantitative estimate of drug-likeness (QED) is 0.697. The monoisotopic (exact) mass is 412 g/mol. The number of furan rings is 1. The lowest BCUT2D eigenvalue weighted by molar-refractivity contribution is 0.0946. The lowest BCUT2D eigenvalue weighted by Crippen LogP contribution is -2.44. The number of halogens is 1. The molecule has 0 unspecified atom stereocenters. The Bertz CT molecular complexity index is 1120. The average molecular weight is 412 g/mol. The fraction of sp³-hybridized carbons (Fsp3) is 0.364. The first kappa shape index (κ1) is 20.2. The number of hydrogen-bond donors (Lipinski definition) is 1. The number of likely N-dealkylation sites (N-methyl/N-ethyl adjacent to an activating group) is 1. The van der Waals surface area contributed by atoms with Crippen LogP contribution in [0.2, 0.25) is 0 Å². The minimum absolute atomic E-state index is 0.0114. The number of aryl methyl sites for hydroxylation is 1. The van der Waals surface area contributed by atoms with Crippen molar-refractivity contribution < 1.29 is 13.6 Å². The molecule has 7 nitrogen and oxygen atoms in total. The van der Waals surface area contributed by atoms with Gasteiger partial charge in [0.05, 0.1) is 24.0 Å². The lowest BCUT2D eigenvalue weighted by Gasteiger charge is -2.34. The number of pyridine rings is 1. The van der Waals surface area contributed by atoms with E-state index in [-0.39, 0.29) is 17.5 Å². The van der Waals surface area contributed by atoms with Crippen LogP contribution in [-0.2, 0) is 13.1 Å². The molecule has 0 atom stereocenters. The molecule has 0 bridgehead atoms. The third kappa shape index (κ3) is 3.82. The van der Waals surface area contributed by atoms with E-state index in [2.05, 4.69) is 10.2 Å². The van der Waals surface area contributed by atoms with E-state index in [0.29, 0.717) is 23.5 Å². The number of fused-ring (bicyclic) bond motifs is 1. The van der Waals surface area contributed by atoms with Gasteiger partial charge in [-0.25, -0.2) is 4.39 Å². The molecular formula is C22H25FN4O3. The molecule has 1 fully saturated rings. The first-order valence-electron chi connectivity index (χ1n) is 10.1. The van der Waals surface area contributed by atoms with Gasteiger partial charge in [-0.3, -0.25) is 9.59 Å². The minimum atomic E-state index is -0.510. The minimum Gasteiger partial charge on any atom is -0.467 e. The van der Waals surface area contributed by atoms with Crippen molar-refractivity contribution in [3.05, 3.63) is 64.1 Å². The molecule has 0 spiro atoms. The molecule has 30 heavy (non-hydrogen) atoms. The molecule has 3 heterocycles. The maximum atomic E-state index is 15.0. The van der Waals surface area contributed by atoms with Crippen LogP contribution in [0.25, 0.3) is 10.9 Å². The maximum Gasteiger partial charge on any atom is 0.257 e. The molecule has 158 valence electrons. The Balaban J connectivity index is 1.71. The van der Waals surface area contributed by atoms with Gasteiger partial charge >= 0.3 is 0 Å². The van der Waals surface area contributed by atoms with Crippen molar-refractivity contribution in [2.75, 3.05) is 38.1 Å². The molecule has 1 aliphatic rings. The van der Waals surface area contributed by atoms with Crippen LogP contribution in [0.5, 0.6) is 0 Å². The predicted molar refractivity (Wildman–Crippen MR) is 113 cm³/mol. The Hall–Kier alpha value is -3.13. The number of piperazine rings is 1. The molecule has 1 aliphatic heterocycles. The normalized spacial score (nSPS) is 15.0. The summed E-state index contributed by atoms with van der Waals surface area (Å²) in [6.07, 6.45) is 3.07. The number of nitrogens with one attached hydrogen (secondary N) is 1. The summed E-state index contributed by atoms with van der Waals surface area (Å²) in [7, 11) is 2.04. The van der Waals surface area contributed by atoms with E-state index < -0.39 is 17.2 Å². The SMILES string of the molecule is CCn1cc(C(=O)NCc2ccco2)c(=O)c2cc(F)c(N3CCN(C)CC3)cc21. The number of anilines is 1. The van der Waals surface area contributed by atoms with Gasteiger partial charge in [0, 0.05) is 44.3 Å². The van der Waals surface area contributed by atoms with Crippen molar-refractivity contribution in [2.24, 2.45) is 0 Å². The van der Waals surface area contributed by atoms with Crippen molar-refractivity contribution in [3.8, 4) is 0 Å². The van der Waals surface area contributed by atoms with E-state index in [1.54, 1.807) is 24.4 Å².